The molecule has 0 bridgehead atoms. The SMILES string of the molecule is Cc1cc2c(C3CCN(C)CC3)occ2cc1Cl. The van der Waals surface area contributed by atoms with Crippen molar-refractivity contribution in [3.05, 3.63) is 34.7 Å². The van der Waals surface area contributed by atoms with E-state index in [0.29, 0.717) is 5.92 Å². The van der Waals surface area contributed by atoms with E-state index in [-0.39, 0.29) is 0 Å². The summed E-state index contributed by atoms with van der Waals surface area (Å²) in [6.45, 7) is 4.35. The Morgan fingerprint density at radius 2 is 2.00 bits per heavy atom. The first-order valence-electron chi connectivity index (χ1n) is 6.51. The topological polar surface area (TPSA) is 16.4 Å². The summed E-state index contributed by atoms with van der Waals surface area (Å²) in [5.74, 6) is 1.71. The minimum absolute atomic E-state index is 0.555. The lowest BCUT2D eigenvalue weighted by atomic mass is 9.92. The van der Waals surface area contributed by atoms with Crippen LogP contribution in [0.5, 0.6) is 0 Å². The van der Waals surface area contributed by atoms with E-state index in [9.17, 15) is 0 Å². The van der Waals surface area contributed by atoms with Crippen LogP contribution in [0.2, 0.25) is 5.02 Å². The van der Waals surface area contributed by atoms with E-state index in [4.69, 9.17) is 16.0 Å². The van der Waals surface area contributed by atoms with Crippen molar-refractivity contribution in [1.29, 1.82) is 0 Å². The molecule has 3 rings (SSSR count). The highest BCUT2D eigenvalue weighted by molar-refractivity contribution is 6.32. The maximum atomic E-state index is 6.15. The Kier molecular flexibility index (Phi) is 3.08. The Bertz CT molecular complexity index is 567. The van der Waals surface area contributed by atoms with Crippen molar-refractivity contribution >= 4 is 22.4 Å². The third-order valence-corrected chi connectivity index (χ3v) is 4.41. The summed E-state index contributed by atoms with van der Waals surface area (Å²) in [5.41, 5.74) is 1.12. The van der Waals surface area contributed by atoms with E-state index in [2.05, 4.69) is 18.0 Å². The van der Waals surface area contributed by atoms with Gasteiger partial charge in [-0.1, -0.05) is 11.6 Å². The van der Waals surface area contributed by atoms with Crippen LogP contribution in [0.4, 0.5) is 0 Å². The molecule has 2 nitrogen and oxygen atoms in total. The molecule has 0 spiro atoms. The molecule has 1 fully saturated rings. The van der Waals surface area contributed by atoms with Crippen LogP contribution in [0, 0.1) is 6.92 Å². The second-order valence-electron chi connectivity index (χ2n) is 5.37. The molecule has 0 radical (unpaired) electrons. The second kappa shape index (κ2) is 4.60. The first kappa shape index (κ1) is 12.1. The van der Waals surface area contributed by atoms with Gasteiger partial charge in [0.15, 0.2) is 0 Å². The summed E-state index contributed by atoms with van der Waals surface area (Å²) in [5, 5.41) is 3.18. The molecular formula is C15H18ClNO. The van der Waals surface area contributed by atoms with Gasteiger partial charge in [-0.05, 0) is 57.6 Å². The number of benzene rings is 1. The van der Waals surface area contributed by atoms with Gasteiger partial charge in [0.05, 0.1) is 6.26 Å². The zero-order valence-corrected chi connectivity index (χ0v) is 11.6. The second-order valence-corrected chi connectivity index (χ2v) is 5.77. The van der Waals surface area contributed by atoms with Crippen molar-refractivity contribution in [2.75, 3.05) is 20.1 Å². The Hall–Kier alpha value is -0.990. The van der Waals surface area contributed by atoms with Crippen LogP contribution < -0.4 is 0 Å². The summed E-state index contributed by atoms with van der Waals surface area (Å²) < 4.78 is 5.82. The number of hydrogen-bond acceptors (Lipinski definition) is 2. The van der Waals surface area contributed by atoms with E-state index in [1.165, 1.54) is 18.2 Å². The predicted molar refractivity (Wildman–Crippen MR) is 75.4 cm³/mol. The molecule has 1 aliphatic rings. The first-order valence-corrected chi connectivity index (χ1v) is 6.88. The fourth-order valence-corrected chi connectivity index (χ4v) is 2.96. The van der Waals surface area contributed by atoms with Crippen LogP contribution in [0.15, 0.2) is 22.8 Å². The predicted octanol–water partition coefficient (Wildman–Crippen LogP) is 4.20. The van der Waals surface area contributed by atoms with E-state index in [0.717, 1.165) is 34.8 Å². The lowest BCUT2D eigenvalue weighted by molar-refractivity contribution is 0.241. The smallest absolute Gasteiger partial charge is 0.114 e. The van der Waals surface area contributed by atoms with Gasteiger partial charge in [0, 0.05) is 21.7 Å². The molecule has 1 saturated heterocycles. The number of piperidine rings is 1. The van der Waals surface area contributed by atoms with Crippen molar-refractivity contribution in [2.24, 2.45) is 0 Å². The molecule has 1 aromatic heterocycles. The molecule has 0 aliphatic carbocycles. The Labute approximate surface area is 113 Å². The number of nitrogens with zero attached hydrogens (tertiary/aromatic N) is 1. The number of halogens is 1. The largest absolute Gasteiger partial charge is 0.468 e. The van der Waals surface area contributed by atoms with Gasteiger partial charge in [-0.3, -0.25) is 0 Å². The number of fused-ring (bicyclic) bond motifs is 1. The molecule has 0 amide bonds. The van der Waals surface area contributed by atoms with E-state index < -0.39 is 0 Å². The summed E-state index contributed by atoms with van der Waals surface area (Å²) in [4.78, 5) is 2.38. The first-order chi connectivity index (χ1) is 8.65. The lowest BCUT2D eigenvalue weighted by Gasteiger charge is -2.27. The van der Waals surface area contributed by atoms with Crippen LogP contribution in [-0.2, 0) is 0 Å². The number of hydrogen-bond donors (Lipinski definition) is 0. The van der Waals surface area contributed by atoms with Crippen molar-refractivity contribution < 1.29 is 4.42 Å². The number of aryl methyl sites for hydroxylation is 1. The molecule has 2 heterocycles. The average molecular weight is 264 g/mol. The highest BCUT2D eigenvalue weighted by Gasteiger charge is 2.23. The number of rotatable bonds is 1. The zero-order chi connectivity index (χ0) is 12.7. The molecule has 18 heavy (non-hydrogen) atoms. The summed E-state index contributed by atoms with van der Waals surface area (Å²) in [7, 11) is 2.18. The molecule has 0 unspecified atom stereocenters. The molecule has 1 aliphatic heterocycles. The highest BCUT2D eigenvalue weighted by atomic mass is 35.5. The third-order valence-electron chi connectivity index (χ3n) is 4.00. The molecule has 2 aromatic rings. The van der Waals surface area contributed by atoms with Crippen molar-refractivity contribution in [3.8, 4) is 0 Å². The van der Waals surface area contributed by atoms with Gasteiger partial charge in [0.2, 0.25) is 0 Å². The van der Waals surface area contributed by atoms with Gasteiger partial charge in [-0.25, -0.2) is 0 Å². The molecule has 1 aromatic carbocycles. The van der Waals surface area contributed by atoms with Gasteiger partial charge in [0.1, 0.15) is 5.76 Å². The lowest BCUT2D eigenvalue weighted by Crippen LogP contribution is -2.29. The quantitative estimate of drug-likeness (QED) is 0.767. The summed E-state index contributed by atoms with van der Waals surface area (Å²) >= 11 is 6.15. The standard InChI is InChI=1S/C15H18ClNO/c1-10-7-13-12(8-14(10)16)9-18-15(13)11-3-5-17(2)6-4-11/h7-9,11H,3-6H2,1-2H3. The Morgan fingerprint density at radius 3 is 2.72 bits per heavy atom. The maximum absolute atomic E-state index is 6.15. The summed E-state index contributed by atoms with van der Waals surface area (Å²) in [6, 6.07) is 4.17. The van der Waals surface area contributed by atoms with Gasteiger partial charge < -0.3 is 9.32 Å². The van der Waals surface area contributed by atoms with Crippen LogP contribution in [0.3, 0.4) is 0 Å². The van der Waals surface area contributed by atoms with Crippen molar-refractivity contribution in [3.63, 3.8) is 0 Å². The maximum Gasteiger partial charge on any atom is 0.114 e. The molecular weight excluding hydrogens is 246 g/mol. The van der Waals surface area contributed by atoms with Crippen LogP contribution >= 0.6 is 11.6 Å². The zero-order valence-electron chi connectivity index (χ0n) is 10.9. The van der Waals surface area contributed by atoms with Crippen LogP contribution in [-0.4, -0.2) is 25.0 Å². The van der Waals surface area contributed by atoms with Crippen molar-refractivity contribution in [1.82, 2.24) is 4.90 Å². The third kappa shape index (κ3) is 2.04. The van der Waals surface area contributed by atoms with Gasteiger partial charge in [0.25, 0.3) is 0 Å². The molecule has 3 heteroatoms. The fourth-order valence-electron chi connectivity index (χ4n) is 2.79. The van der Waals surface area contributed by atoms with Crippen LogP contribution in [0.1, 0.15) is 30.1 Å². The fraction of sp³-hybridized carbons (Fsp3) is 0.467. The Balaban J connectivity index is 1.99. The molecule has 0 N–H and O–H groups in total. The monoisotopic (exact) mass is 263 g/mol. The minimum atomic E-state index is 0.555. The van der Waals surface area contributed by atoms with Gasteiger partial charge in [-0.2, -0.15) is 0 Å². The molecule has 0 atom stereocenters. The molecule has 0 saturated carbocycles. The van der Waals surface area contributed by atoms with Crippen LogP contribution in [0.25, 0.3) is 10.8 Å². The highest BCUT2D eigenvalue weighted by Crippen LogP contribution is 2.36. The van der Waals surface area contributed by atoms with Crippen molar-refractivity contribution in [2.45, 2.75) is 25.7 Å². The van der Waals surface area contributed by atoms with E-state index >= 15 is 0 Å². The van der Waals surface area contributed by atoms with Gasteiger partial charge >= 0.3 is 0 Å². The average Bonchev–Trinajstić information content (AvgIpc) is 2.74. The summed E-state index contributed by atoms with van der Waals surface area (Å²) in [6.07, 6.45) is 4.20. The van der Waals surface area contributed by atoms with E-state index in [1.54, 1.807) is 0 Å². The van der Waals surface area contributed by atoms with E-state index in [1.807, 2.05) is 19.3 Å². The Morgan fingerprint density at radius 1 is 1.28 bits per heavy atom. The van der Waals surface area contributed by atoms with Gasteiger partial charge in [-0.15, -0.1) is 0 Å². The number of likely N-dealkylation sites (tertiary alicyclic amines) is 1. The minimum Gasteiger partial charge on any atom is -0.468 e. The number of furan rings is 1. The normalized spacial score (nSPS) is 18.6. The molecule has 96 valence electrons.